The summed E-state index contributed by atoms with van der Waals surface area (Å²) in [4.78, 5) is 18.6. The standard InChI is InChI=1S/C25H36N6O/c1-6-9-22(23-27-28-29-31(23)25(3,4)5)30(20-10-7-8-11-20)16-19-15-18-14-17(2)12-13-21(18)26-24(19)32/h12-15,20,22H,6-11,16H2,1-5H3,(H,26,32)/t22-/m1/s1. The fraction of sp³-hybridized carbons (Fsp3) is 0.600. The Morgan fingerprint density at radius 2 is 1.97 bits per heavy atom. The van der Waals surface area contributed by atoms with Gasteiger partial charge in [-0.3, -0.25) is 9.69 Å². The van der Waals surface area contributed by atoms with E-state index in [0.29, 0.717) is 12.6 Å². The Labute approximate surface area is 190 Å². The number of aromatic amines is 1. The van der Waals surface area contributed by atoms with E-state index in [1.165, 1.54) is 18.4 Å². The molecule has 0 bridgehead atoms. The van der Waals surface area contributed by atoms with Crippen molar-refractivity contribution in [3.63, 3.8) is 0 Å². The molecule has 7 nitrogen and oxygen atoms in total. The summed E-state index contributed by atoms with van der Waals surface area (Å²) in [5, 5.41) is 14.0. The number of rotatable bonds is 7. The van der Waals surface area contributed by atoms with Crippen LogP contribution < -0.4 is 5.56 Å². The van der Waals surface area contributed by atoms with Gasteiger partial charge in [-0.25, -0.2) is 4.68 Å². The number of aryl methyl sites for hydroxylation is 1. The fourth-order valence-electron chi connectivity index (χ4n) is 5.01. The van der Waals surface area contributed by atoms with Gasteiger partial charge in [0, 0.05) is 23.7 Å². The molecule has 1 aromatic carbocycles. The van der Waals surface area contributed by atoms with Crippen molar-refractivity contribution >= 4 is 10.9 Å². The van der Waals surface area contributed by atoms with E-state index in [1.807, 2.05) is 16.8 Å². The molecule has 1 aliphatic rings. The molecule has 7 heteroatoms. The van der Waals surface area contributed by atoms with Gasteiger partial charge in [-0.2, -0.15) is 0 Å². The second-order valence-electron chi connectivity index (χ2n) is 10.2. The zero-order valence-electron chi connectivity index (χ0n) is 20.1. The highest BCUT2D eigenvalue weighted by molar-refractivity contribution is 5.79. The van der Waals surface area contributed by atoms with Crippen LogP contribution in [0, 0.1) is 6.92 Å². The molecule has 0 amide bonds. The Morgan fingerprint density at radius 1 is 1.22 bits per heavy atom. The summed E-state index contributed by atoms with van der Waals surface area (Å²) in [5.41, 5.74) is 2.68. The van der Waals surface area contributed by atoms with Gasteiger partial charge in [-0.1, -0.05) is 37.8 Å². The van der Waals surface area contributed by atoms with Crippen LogP contribution in [0.15, 0.2) is 29.1 Å². The lowest BCUT2D eigenvalue weighted by molar-refractivity contribution is 0.104. The number of aromatic nitrogens is 5. The molecule has 3 aromatic rings. The first-order chi connectivity index (χ1) is 15.3. The molecule has 1 N–H and O–H groups in total. The zero-order valence-corrected chi connectivity index (χ0v) is 20.1. The largest absolute Gasteiger partial charge is 0.322 e. The highest BCUT2D eigenvalue weighted by Gasteiger charge is 2.34. The number of H-pyrrole nitrogens is 1. The topological polar surface area (TPSA) is 79.7 Å². The zero-order chi connectivity index (χ0) is 22.9. The molecule has 0 radical (unpaired) electrons. The molecule has 1 fully saturated rings. The van der Waals surface area contributed by atoms with E-state index >= 15 is 0 Å². The van der Waals surface area contributed by atoms with Crippen LogP contribution >= 0.6 is 0 Å². The third kappa shape index (κ3) is 4.63. The summed E-state index contributed by atoms with van der Waals surface area (Å²) in [6, 6.07) is 8.74. The SMILES string of the molecule is CCC[C@H](c1nnnn1C(C)(C)C)N(Cc1cc2cc(C)ccc2[nH]c1=O)C1CCCC1. The first kappa shape index (κ1) is 22.6. The summed E-state index contributed by atoms with van der Waals surface area (Å²) in [7, 11) is 0. The molecule has 0 saturated heterocycles. The minimum Gasteiger partial charge on any atom is -0.322 e. The summed E-state index contributed by atoms with van der Waals surface area (Å²) in [6.45, 7) is 11.3. The highest BCUT2D eigenvalue weighted by atomic mass is 16.1. The van der Waals surface area contributed by atoms with Crippen LogP contribution in [0.25, 0.3) is 10.9 Å². The van der Waals surface area contributed by atoms with Crippen molar-refractivity contribution in [2.75, 3.05) is 0 Å². The number of pyridine rings is 1. The number of tetrazole rings is 1. The Bertz CT molecular complexity index is 1120. The highest BCUT2D eigenvalue weighted by Crippen LogP contribution is 2.35. The lowest BCUT2D eigenvalue weighted by Gasteiger charge is -2.36. The molecular formula is C25H36N6O. The Morgan fingerprint density at radius 3 is 2.66 bits per heavy atom. The molecule has 1 saturated carbocycles. The van der Waals surface area contributed by atoms with E-state index in [1.54, 1.807) is 0 Å². The third-order valence-corrected chi connectivity index (χ3v) is 6.61. The number of nitrogens with zero attached hydrogens (tertiary/aromatic N) is 5. The third-order valence-electron chi connectivity index (χ3n) is 6.61. The first-order valence-electron chi connectivity index (χ1n) is 11.9. The van der Waals surface area contributed by atoms with Crippen LogP contribution in [0.2, 0.25) is 0 Å². The smallest absolute Gasteiger partial charge is 0.252 e. The Hall–Kier alpha value is -2.54. The maximum Gasteiger partial charge on any atom is 0.252 e. The van der Waals surface area contributed by atoms with Gasteiger partial charge in [-0.15, -0.1) is 5.10 Å². The number of benzene rings is 1. The summed E-state index contributed by atoms with van der Waals surface area (Å²) < 4.78 is 1.96. The van der Waals surface area contributed by atoms with Gasteiger partial charge in [0.15, 0.2) is 5.82 Å². The number of fused-ring (bicyclic) bond motifs is 1. The fourth-order valence-corrected chi connectivity index (χ4v) is 5.01. The molecule has 172 valence electrons. The summed E-state index contributed by atoms with van der Waals surface area (Å²) in [5.74, 6) is 0.902. The molecule has 2 aromatic heterocycles. The number of hydrogen-bond donors (Lipinski definition) is 1. The minimum absolute atomic E-state index is 0.00462. The molecular weight excluding hydrogens is 400 g/mol. The van der Waals surface area contributed by atoms with Gasteiger partial charge in [0.05, 0.1) is 11.6 Å². The maximum absolute atomic E-state index is 13.0. The van der Waals surface area contributed by atoms with Crippen LogP contribution in [0.3, 0.4) is 0 Å². The van der Waals surface area contributed by atoms with Crippen LogP contribution in [0.5, 0.6) is 0 Å². The quantitative estimate of drug-likeness (QED) is 0.572. The van der Waals surface area contributed by atoms with Crippen molar-refractivity contribution in [2.24, 2.45) is 0 Å². The van der Waals surface area contributed by atoms with E-state index in [0.717, 1.165) is 48.0 Å². The van der Waals surface area contributed by atoms with E-state index in [4.69, 9.17) is 0 Å². The minimum atomic E-state index is -0.204. The van der Waals surface area contributed by atoms with E-state index in [9.17, 15) is 4.79 Å². The van der Waals surface area contributed by atoms with Crippen LogP contribution in [-0.4, -0.2) is 36.1 Å². The molecule has 1 aliphatic carbocycles. The molecule has 4 rings (SSSR count). The number of nitrogens with one attached hydrogen (secondary N) is 1. The predicted octanol–water partition coefficient (Wildman–Crippen LogP) is 4.86. The first-order valence-corrected chi connectivity index (χ1v) is 11.9. The van der Waals surface area contributed by atoms with Crippen LogP contribution in [0.4, 0.5) is 0 Å². The van der Waals surface area contributed by atoms with E-state index in [-0.39, 0.29) is 17.1 Å². The molecule has 0 unspecified atom stereocenters. The van der Waals surface area contributed by atoms with Crippen LogP contribution in [-0.2, 0) is 12.1 Å². The van der Waals surface area contributed by atoms with Gasteiger partial charge < -0.3 is 4.98 Å². The van der Waals surface area contributed by atoms with Gasteiger partial charge in [0.25, 0.3) is 5.56 Å². The van der Waals surface area contributed by atoms with Gasteiger partial charge in [0.2, 0.25) is 0 Å². The van der Waals surface area contributed by atoms with E-state index in [2.05, 4.69) is 72.2 Å². The van der Waals surface area contributed by atoms with Crippen molar-refractivity contribution in [1.82, 2.24) is 30.1 Å². The Kier molecular flexibility index (Phi) is 6.47. The molecule has 32 heavy (non-hydrogen) atoms. The molecule has 0 spiro atoms. The average molecular weight is 437 g/mol. The van der Waals surface area contributed by atoms with Crippen molar-refractivity contribution < 1.29 is 0 Å². The molecule has 0 aliphatic heterocycles. The monoisotopic (exact) mass is 436 g/mol. The van der Waals surface area contributed by atoms with Crippen molar-refractivity contribution in [2.45, 2.75) is 97.3 Å². The van der Waals surface area contributed by atoms with Crippen LogP contribution in [0.1, 0.15) is 89.2 Å². The summed E-state index contributed by atoms with van der Waals surface area (Å²) >= 11 is 0. The van der Waals surface area contributed by atoms with Gasteiger partial charge in [-0.05, 0) is 81.0 Å². The van der Waals surface area contributed by atoms with Crippen molar-refractivity contribution in [3.8, 4) is 0 Å². The predicted molar refractivity (Wildman–Crippen MR) is 128 cm³/mol. The second-order valence-corrected chi connectivity index (χ2v) is 10.2. The normalized spacial score (nSPS) is 16.3. The maximum atomic E-state index is 13.0. The molecule has 1 atom stereocenters. The number of hydrogen-bond acceptors (Lipinski definition) is 5. The lowest BCUT2D eigenvalue weighted by atomic mass is 10.0. The summed E-state index contributed by atoms with van der Waals surface area (Å²) in [6.07, 6.45) is 6.76. The lowest BCUT2D eigenvalue weighted by Crippen LogP contribution is -2.40. The van der Waals surface area contributed by atoms with Gasteiger partial charge >= 0.3 is 0 Å². The van der Waals surface area contributed by atoms with E-state index < -0.39 is 0 Å². The van der Waals surface area contributed by atoms with Crippen molar-refractivity contribution in [1.29, 1.82) is 0 Å². The Balaban J connectivity index is 1.77. The second kappa shape index (κ2) is 9.14. The molecule has 2 heterocycles. The van der Waals surface area contributed by atoms with Crippen molar-refractivity contribution in [3.05, 3.63) is 51.6 Å². The average Bonchev–Trinajstić information content (AvgIpc) is 3.43. The van der Waals surface area contributed by atoms with Gasteiger partial charge in [0.1, 0.15) is 0 Å².